The number of rotatable bonds is 7. The molecule has 4 nitrogen and oxygen atoms in total. The monoisotopic (exact) mass is 1370 g/mol. The van der Waals surface area contributed by atoms with E-state index < -0.39 is 0 Å². The van der Waals surface area contributed by atoms with Gasteiger partial charge in [-0.25, -0.2) is 0 Å². The molecular weight excluding hydrogens is 1310 g/mol. The van der Waals surface area contributed by atoms with Crippen molar-refractivity contribution in [2.75, 3.05) is 0 Å². The highest BCUT2D eigenvalue weighted by atomic mass is 15.0. The van der Waals surface area contributed by atoms with Gasteiger partial charge in [0.05, 0.1) is 45.3 Å². The summed E-state index contributed by atoms with van der Waals surface area (Å²) in [5, 5.41) is 46.6. The Bertz CT molecular complexity index is 7630. The van der Waals surface area contributed by atoms with Gasteiger partial charge in [0.15, 0.2) is 0 Å². The Morgan fingerprint density at radius 2 is 0.491 bits per heavy atom. The predicted molar refractivity (Wildman–Crippen MR) is 456 cm³/mol. The third-order valence-corrected chi connectivity index (χ3v) is 22.6. The number of hydrogen-bond acceptors (Lipinski definition) is 2. The summed E-state index contributed by atoms with van der Waals surface area (Å²) in [5.41, 5.74) is 19.9. The second-order valence-corrected chi connectivity index (χ2v) is 28.4. The van der Waals surface area contributed by atoms with E-state index in [-0.39, 0.29) is 0 Å². The number of fused-ring (bicyclic) bond motifs is 19. The fourth-order valence-corrected chi connectivity index (χ4v) is 17.6. The van der Waals surface area contributed by atoms with E-state index >= 15 is 0 Å². The summed E-state index contributed by atoms with van der Waals surface area (Å²) in [7, 11) is 0. The summed E-state index contributed by atoms with van der Waals surface area (Å²) in [6, 6.07) is 141. The van der Waals surface area contributed by atoms with E-state index in [1.807, 2.05) is 36.4 Å². The zero-order valence-corrected chi connectivity index (χ0v) is 58.6. The first kappa shape index (κ1) is 61.9. The Kier molecular flexibility index (Phi) is 14.4. The van der Waals surface area contributed by atoms with Crippen molar-refractivity contribution in [3.8, 4) is 79.1 Å². The SMILES string of the molecule is N#Cc1ccc2c3ccc(-c4ccc(-c5cc6c7ccccc7ccc6c6ccccc56)c5ccccc45)cc3n(-c3ccccc3)c2c1.N#Cc1ccc2c3ccc(-c4ccc5cc(-c6cc7c8ccccc8c(-c8cccc9ccccc89)cc7c7ccccc67)ccc5c4)cc3n(-c3ccccc3)c2c1. The van der Waals surface area contributed by atoms with Gasteiger partial charge in [0.1, 0.15) is 0 Å². The van der Waals surface area contributed by atoms with Crippen LogP contribution in [-0.4, -0.2) is 9.13 Å². The highest BCUT2D eigenvalue weighted by molar-refractivity contribution is 6.26. The van der Waals surface area contributed by atoms with Crippen LogP contribution in [0.2, 0.25) is 0 Å². The maximum Gasteiger partial charge on any atom is 0.0992 e. The molecule has 0 radical (unpaired) electrons. The standard InChI is InChI=1S/C57H34N2.C47H28N2/c58-35-36-21-27-50-51-28-26-41(32-57(51)59(56(50)29-36)43-13-2-1-3-14-43)39-22-23-40-31-42(25-24-38(40)30-39)52-33-54-49-19-9-8-18-48(49)53(34-55(54)47-17-7-6-16-46(47)52)45-20-10-12-37-11-4-5-15-44(37)45;48-29-30-18-21-42-43-23-20-32(27-47(43)49(46(42)26-30)33-11-2-1-3-12-33)35-24-25-41(37-15-7-6-14-36(35)37)45-28-44-34-13-5-4-10-31(34)19-22-40(44)38-16-8-9-17-39(38)45/h1-34H;1-28H. The van der Waals surface area contributed by atoms with Gasteiger partial charge in [0, 0.05) is 32.9 Å². The largest absolute Gasteiger partial charge is 0.309 e. The number of nitriles is 2. The quantitative estimate of drug-likeness (QED) is 0.149. The highest BCUT2D eigenvalue weighted by Gasteiger charge is 2.22. The lowest BCUT2D eigenvalue weighted by atomic mass is 9.86. The van der Waals surface area contributed by atoms with E-state index in [4.69, 9.17) is 0 Å². The number of hydrogen-bond donors (Lipinski definition) is 0. The third kappa shape index (κ3) is 9.97. The van der Waals surface area contributed by atoms with Gasteiger partial charge in [-0.1, -0.05) is 285 Å². The minimum absolute atomic E-state index is 0.655. The minimum Gasteiger partial charge on any atom is -0.309 e. The molecule has 22 rings (SSSR count). The second kappa shape index (κ2) is 25.0. The van der Waals surface area contributed by atoms with Crippen LogP contribution >= 0.6 is 0 Å². The lowest BCUT2D eigenvalue weighted by Gasteiger charge is -2.17. The molecule has 0 N–H and O–H groups in total. The van der Waals surface area contributed by atoms with Crippen LogP contribution < -0.4 is 0 Å². The molecule has 0 aliphatic carbocycles. The van der Waals surface area contributed by atoms with E-state index in [1.165, 1.54) is 152 Å². The summed E-state index contributed by atoms with van der Waals surface area (Å²) in [6.07, 6.45) is 0. The molecule has 0 aliphatic rings. The first-order chi connectivity index (χ1) is 53.5. The molecule has 0 atom stereocenters. The molecule has 0 spiro atoms. The highest BCUT2D eigenvalue weighted by Crippen LogP contribution is 2.47. The molecule has 2 aromatic heterocycles. The molecule has 0 unspecified atom stereocenters. The number of nitrogens with zero attached hydrogens (tertiary/aromatic N) is 4. The maximum atomic E-state index is 9.73. The third-order valence-electron chi connectivity index (χ3n) is 22.6. The zero-order chi connectivity index (χ0) is 71.5. The fraction of sp³-hybridized carbons (Fsp3) is 0. The van der Waals surface area contributed by atoms with Crippen molar-refractivity contribution in [3.05, 3.63) is 387 Å². The predicted octanol–water partition coefficient (Wildman–Crippen LogP) is 28.0. The summed E-state index contributed by atoms with van der Waals surface area (Å²) in [4.78, 5) is 0. The van der Waals surface area contributed by atoms with Crippen molar-refractivity contribution in [1.82, 2.24) is 9.13 Å². The van der Waals surface area contributed by atoms with Crippen molar-refractivity contribution in [2.24, 2.45) is 0 Å². The Balaban J connectivity index is 0.000000140. The molecule has 0 bridgehead atoms. The Morgan fingerprint density at radius 3 is 1.06 bits per heavy atom. The lowest BCUT2D eigenvalue weighted by Crippen LogP contribution is -1.94. The van der Waals surface area contributed by atoms with E-state index in [0.717, 1.165) is 55.3 Å². The summed E-state index contributed by atoms with van der Waals surface area (Å²) < 4.78 is 4.57. The Labute approximate surface area is 622 Å². The fourth-order valence-electron chi connectivity index (χ4n) is 17.6. The van der Waals surface area contributed by atoms with Crippen molar-refractivity contribution in [1.29, 1.82) is 10.5 Å². The van der Waals surface area contributed by atoms with Crippen LogP contribution in [0.3, 0.4) is 0 Å². The summed E-state index contributed by atoms with van der Waals surface area (Å²) in [5.74, 6) is 0. The molecular formula is C104H62N4. The van der Waals surface area contributed by atoms with Crippen LogP contribution in [0.5, 0.6) is 0 Å². The number of para-hydroxylation sites is 2. The lowest BCUT2D eigenvalue weighted by molar-refractivity contribution is 1.18. The first-order valence-electron chi connectivity index (χ1n) is 36.8. The van der Waals surface area contributed by atoms with Gasteiger partial charge in [-0.2, -0.15) is 10.5 Å². The molecule has 0 aliphatic heterocycles. The van der Waals surface area contributed by atoms with Crippen LogP contribution in [0.1, 0.15) is 11.1 Å². The van der Waals surface area contributed by atoms with Gasteiger partial charge in [0.25, 0.3) is 0 Å². The van der Waals surface area contributed by atoms with E-state index in [1.54, 1.807) is 0 Å². The van der Waals surface area contributed by atoms with Gasteiger partial charge in [-0.15, -0.1) is 0 Å². The van der Waals surface area contributed by atoms with Gasteiger partial charge in [-0.05, 0) is 244 Å². The average molecular weight is 1370 g/mol. The van der Waals surface area contributed by atoms with Crippen LogP contribution in [0.25, 0.3) is 208 Å². The van der Waals surface area contributed by atoms with Crippen molar-refractivity contribution in [2.45, 2.75) is 0 Å². The van der Waals surface area contributed by atoms with Crippen LogP contribution in [-0.2, 0) is 0 Å². The van der Waals surface area contributed by atoms with Crippen LogP contribution in [0, 0.1) is 22.7 Å². The first-order valence-corrected chi connectivity index (χ1v) is 36.8. The molecule has 22 aromatic rings. The van der Waals surface area contributed by atoms with Gasteiger partial charge >= 0.3 is 0 Å². The molecule has 498 valence electrons. The molecule has 108 heavy (non-hydrogen) atoms. The normalized spacial score (nSPS) is 11.7. The maximum absolute atomic E-state index is 9.73. The van der Waals surface area contributed by atoms with Crippen molar-refractivity contribution in [3.63, 3.8) is 0 Å². The second-order valence-electron chi connectivity index (χ2n) is 28.4. The van der Waals surface area contributed by atoms with Gasteiger partial charge in [0.2, 0.25) is 0 Å². The van der Waals surface area contributed by atoms with E-state index in [9.17, 15) is 10.5 Å². The molecule has 2 heterocycles. The summed E-state index contributed by atoms with van der Waals surface area (Å²) in [6.45, 7) is 0. The Hall–Kier alpha value is -14.7. The van der Waals surface area contributed by atoms with Crippen molar-refractivity contribution >= 4 is 141 Å². The molecule has 0 saturated carbocycles. The van der Waals surface area contributed by atoms with Crippen LogP contribution in [0.15, 0.2) is 376 Å². The topological polar surface area (TPSA) is 57.4 Å². The van der Waals surface area contributed by atoms with E-state index in [0.29, 0.717) is 11.1 Å². The molecule has 4 heteroatoms. The minimum atomic E-state index is 0.655. The number of aromatic nitrogens is 2. The molecule has 0 fully saturated rings. The Morgan fingerprint density at radius 1 is 0.167 bits per heavy atom. The molecule has 0 saturated heterocycles. The van der Waals surface area contributed by atoms with Gasteiger partial charge in [-0.3, -0.25) is 0 Å². The molecule has 0 amide bonds. The average Bonchev–Trinajstić information content (AvgIpc) is 1.23. The number of benzene rings is 20. The van der Waals surface area contributed by atoms with Gasteiger partial charge < -0.3 is 9.13 Å². The molecule has 20 aromatic carbocycles. The zero-order valence-electron chi connectivity index (χ0n) is 58.6. The smallest absolute Gasteiger partial charge is 0.0992 e. The van der Waals surface area contributed by atoms with Crippen molar-refractivity contribution < 1.29 is 0 Å². The van der Waals surface area contributed by atoms with E-state index in [2.05, 4.69) is 361 Å². The summed E-state index contributed by atoms with van der Waals surface area (Å²) >= 11 is 0. The van der Waals surface area contributed by atoms with Crippen LogP contribution in [0.4, 0.5) is 0 Å².